The first-order valence-corrected chi connectivity index (χ1v) is 7.72. The van der Waals surface area contributed by atoms with E-state index in [4.69, 9.17) is 5.73 Å². The molecule has 1 aromatic heterocycles. The summed E-state index contributed by atoms with van der Waals surface area (Å²) in [5.41, 5.74) is 6.67. The lowest BCUT2D eigenvalue weighted by atomic mass is 10.2. The van der Waals surface area contributed by atoms with Crippen molar-refractivity contribution in [2.75, 3.05) is 18.0 Å². The van der Waals surface area contributed by atoms with Crippen LogP contribution in [0.3, 0.4) is 0 Å². The molecule has 0 radical (unpaired) electrons. The zero-order chi connectivity index (χ0) is 13.4. The van der Waals surface area contributed by atoms with Crippen molar-refractivity contribution in [3.63, 3.8) is 0 Å². The van der Waals surface area contributed by atoms with Crippen LogP contribution in [-0.4, -0.2) is 28.9 Å². The molecule has 1 saturated heterocycles. The molecule has 0 spiro atoms. The smallest absolute Gasteiger partial charge is 0.283 e. The molecule has 6 heteroatoms. The van der Waals surface area contributed by atoms with Gasteiger partial charge in [0.1, 0.15) is 4.47 Å². The number of hydrogen-bond donors (Lipinski definition) is 1. The molecule has 2 fully saturated rings. The number of nitrogens with two attached hydrogens (primary N) is 1. The van der Waals surface area contributed by atoms with E-state index in [0.717, 1.165) is 31.6 Å². The fourth-order valence-corrected chi connectivity index (χ4v) is 3.26. The van der Waals surface area contributed by atoms with Gasteiger partial charge in [0.15, 0.2) is 0 Å². The zero-order valence-corrected chi connectivity index (χ0v) is 12.5. The van der Waals surface area contributed by atoms with Gasteiger partial charge in [0.2, 0.25) is 0 Å². The SMILES string of the molecule is NCC1CCCN1c1cnn(CC2CC2)c(=O)c1Br. The van der Waals surface area contributed by atoms with Crippen LogP contribution in [-0.2, 0) is 6.54 Å². The van der Waals surface area contributed by atoms with Crippen molar-refractivity contribution in [2.45, 2.75) is 38.3 Å². The van der Waals surface area contributed by atoms with Crippen LogP contribution in [0.4, 0.5) is 5.69 Å². The van der Waals surface area contributed by atoms with Crippen molar-refractivity contribution in [3.8, 4) is 0 Å². The largest absolute Gasteiger partial charge is 0.365 e. The normalized spacial score (nSPS) is 23.1. The lowest BCUT2D eigenvalue weighted by Gasteiger charge is -2.26. The monoisotopic (exact) mass is 326 g/mol. The molecule has 1 saturated carbocycles. The fourth-order valence-electron chi connectivity index (χ4n) is 2.73. The van der Waals surface area contributed by atoms with E-state index in [2.05, 4.69) is 25.9 Å². The summed E-state index contributed by atoms with van der Waals surface area (Å²) < 4.78 is 2.21. The van der Waals surface area contributed by atoms with Gasteiger partial charge in [-0.2, -0.15) is 5.10 Å². The topological polar surface area (TPSA) is 64.2 Å². The van der Waals surface area contributed by atoms with E-state index in [1.807, 2.05) is 6.20 Å². The maximum absolute atomic E-state index is 12.3. The van der Waals surface area contributed by atoms with Gasteiger partial charge in [-0.05, 0) is 47.5 Å². The van der Waals surface area contributed by atoms with Crippen molar-refractivity contribution in [1.82, 2.24) is 9.78 Å². The van der Waals surface area contributed by atoms with E-state index in [1.54, 1.807) is 4.68 Å². The molecule has 2 aliphatic rings. The summed E-state index contributed by atoms with van der Waals surface area (Å²) in [5, 5.41) is 4.32. The van der Waals surface area contributed by atoms with E-state index >= 15 is 0 Å². The Kier molecular flexibility index (Phi) is 3.62. The van der Waals surface area contributed by atoms with E-state index in [-0.39, 0.29) is 5.56 Å². The summed E-state index contributed by atoms with van der Waals surface area (Å²) >= 11 is 3.45. The van der Waals surface area contributed by atoms with Gasteiger partial charge in [0, 0.05) is 25.7 Å². The minimum atomic E-state index is -0.0212. The summed E-state index contributed by atoms with van der Waals surface area (Å²) in [5.74, 6) is 0.645. The Morgan fingerprint density at radius 3 is 2.89 bits per heavy atom. The van der Waals surface area contributed by atoms with Gasteiger partial charge in [-0.25, -0.2) is 4.68 Å². The summed E-state index contributed by atoms with van der Waals surface area (Å²) in [6, 6.07) is 0.330. The van der Waals surface area contributed by atoms with E-state index in [1.165, 1.54) is 12.8 Å². The predicted molar refractivity (Wildman–Crippen MR) is 78.3 cm³/mol. The van der Waals surface area contributed by atoms with Crippen LogP contribution >= 0.6 is 15.9 Å². The average Bonchev–Trinajstić information content (AvgIpc) is 3.10. The van der Waals surface area contributed by atoms with Crippen LogP contribution in [0, 0.1) is 5.92 Å². The Labute approximate surface area is 120 Å². The maximum atomic E-state index is 12.3. The Morgan fingerprint density at radius 2 is 2.21 bits per heavy atom. The molecule has 19 heavy (non-hydrogen) atoms. The fraction of sp³-hybridized carbons (Fsp3) is 0.692. The molecule has 0 bridgehead atoms. The molecule has 1 atom stereocenters. The number of hydrogen-bond acceptors (Lipinski definition) is 4. The van der Waals surface area contributed by atoms with Crippen molar-refractivity contribution >= 4 is 21.6 Å². The second kappa shape index (κ2) is 5.25. The molecule has 1 aliphatic heterocycles. The highest BCUT2D eigenvalue weighted by molar-refractivity contribution is 9.10. The molecule has 3 rings (SSSR count). The molecule has 1 aromatic rings. The molecule has 104 valence electrons. The number of aromatic nitrogens is 2. The predicted octanol–water partition coefficient (Wildman–Crippen LogP) is 1.34. The highest BCUT2D eigenvalue weighted by atomic mass is 79.9. The Bertz CT molecular complexity index is 526. The Morgan fingerprint density at radius 1 is 1.42 bits per heavy atom. The first-order chi connectivity index (χ1) is 9.20. The Balaban J connectivity index is 1.89. The van der Waals surface area contributed by atoms with Gasteiger partial charge in [-0.1, -0.05) is 0 Å². The molecule has 0 aromatic carbocycles. The highest BCUT2D eigenvalue weighted by Crippen LogP contribution is 2.31. The van der Waals surface area contributed by atoms with Crippen LogP contribution in [0.2, 0.25) is 0 Å². The van der Waals surface area contributed by atoms with Crippen LogP contribution < -0.4 is 16.2 Å². The van der Waals surface area contributed by atoms with E-state index in [9.17, 15) is 4.79 Å². The standard InChI is InChI=1S/C13H19BrN4O/c14-12-11(17-5-1-2-10(17)6-15)7-16-18(13(12)19)8-9-3-4-9/h7,9-10H,1-6,8,15H2. The third kappa shape index (κ3) is 2.56. The van der Waals surface area contributed by atoms with Gasteiger partial charge in [0.25, 0.3) is 5.56 Å². The zero-order valence-electron chi connectivity index (χ0n) is 10.9. The summed E-state index contributed by atoms with van der Waals surface area (Å²) in [4.78, 5) is 14.5. The molecule has 1 aliphatic carbocycles. The first-order valence-electron chi connectivity index (χ1n) is 6.93. The quantitative estimate of drug-likeness (QED) is 0.907. The number of nitrogens with zero attached hydrogens (tertiary/aromatic N) is 3. The Hall–Kier alpha value is -0.880. The highest BCUT2D eigenvalue weighted by Gasteiger charge is 2.28. The van der Waals surface area contributed by atoms with Gasteiger partial charge in [0.05, 0.1) is 11.9 Å². The van der Waals surface area contributed by atoms with Crippen molar-refractivity contribution in [2.24, 2.45) is 11.7 Å². The van der Waals surface area contributed by atoms with Crippen LogP contribution in [0.25, 0.3) is 0 Å². The molecular weight excluding hydrogens is 308 g/mol. The second-order valence-corrected chi connectivity index (χ2v) is 6.29. The van der Waals surface area contributed by atoms with Gasteiger partial charge in [-0.3, -0.25) is 4.79 Å². The summed E-state index contributed by atoms with van der Waals surface area (Å²) in [6.07, 6.45) is 6.46. The van der Waals surface area contributed by atoms with Gasteiger partial charge < -0.3 is 10.6 Å². The molecule has 2 N–H and O–H groups in total. The van der Waals surface area contributed by atoms with E-state index in [0.29, 0.717) is 23.0 Å². The lowest BCUT2D eigenvalue weighted by molar-refractivity contribution is 0.529. The number of rotatable bonds is 4. The third-order valence-electron chi connectivity index (χ3n) is 4.05. The van der Waals surface area contributed by atoms with Crippen LogP contribution in [0.15, 0.2) is 15.5 Å². The number of anilines is 1. The molecule has 5 nitrogen and oxygen atoms in total. The number of halogens is 1. The second-order valence-electron chi connectivity index (χ2n) is 5.50. The van der Waals surface area contributed by atoms with Crippen LogP contribution in [0.1, 0.15) is 25.7 Å². The van der Waals surface area contributed by atoms with Crippen molar-refractivity contribution in [3.05, 3.63) is 21.0 Å². The van der Waals surface area contributed by atoms with Gasteiger partial charge >= 0.3 is 0 Å². The molecule has 1 unspecified atom stereocenters. The maximum Gasteiger partial charge on any atom is 0.283 e. The minimum Gasteiger partial charge on any atom is -0.365 e. The lowest BCUT2D eigenvalue weighted by Crippen LogP contribution is -2.37. The van der Waals surface area contributed by atoms with Crippen molar-refractivity contribution in [1.29, 1.82) is 0 Å². The molecule has 0 amide bonds. The third-order valence-corrected chi connectivity index (χ3v) is 4.80. The first kappa shape index (κ1) is 13.1. The van der Waals surface area contributed by atoms with Crippen LogP contribution in [0.5, 0.6) is 0 Å². The summed E-state index contributed by atoms with van der Waals surface area (Å²) in [7, 11) is 0. The molecule has 2 heterocycles. The van der Waals surface area contributed by atoms with Gasteiger partial charge in [-0.15, -0.1) is 0 Å². The minimum absolute atomic E-state index is 0.0212. The van der Waals surface area contributed by atoms with E-state index < -0.39 is 0 Å². The molecular formula is C13H19BrN4O. The van der Waals surface area contributed by atoms with Crippen molar-refractivity contribution < 1.29 is 0 Å². The average molecular weight is 327 g/mol. The summed E-state index contributed by atoms with van der Waals surface area (Å²) in [6.45, 7) is 2.32.